The Morgan fingerprint density at radius 1 is 1.00 bits per heavy atom. The van der Waals surface area contributed by atoms with Crippen molar-refractivity contribution in [2.45, 2.75) is 30.5 Å². The van der Waals surface area contributed by atoms with Gasteiger partial charge in [-0.2, -0.15) is 5.10 Å². The molecule has 4 unspecified atom stereocenters. The van der Waals surface area contributed by atoms with E-state index in [0.29, 0.717) is 5.56 Å². The van der Waals surface area contributed by atoms with Gasteiger partial charge in [-0.3, -0.25) is 5.10 Å². The van der Waals surface area contributed by atoms with Crippen LogP contribution in [-0.2, 0) is 4.74 Å². The molecule has 0 aliphatic carbocycles. The van der Waals surface area contributed by atoms with E-state index in [1.165, 1.54) is 0 Å². The van der Waals surface area contributed by atoms with Gasteiger partial charge in [-0.05, 0) is 23.3 Å². The van der Waals surface area contributed by atoms with Crippen molar-refractivity contribution in [3.05, 3.63) is 54.2 Å². The number of rotatable bonds is 2. The first-order valence-corrected chi connectivity index (χ1v) is 8.93. The fraction of sp³-hybridized carbons (Fsp3) is 0.286. The summed E-state index contributed by atoms with van der Waals surface area (Å²) in [5, 5.41) is 47.2. The smallest absolute Gasteiger partial charge is 0.147 e. The van der Waals surface area contributed by atoms with Gasteiger partial charge in [0.05, 0.1) is 23.9 Å². The topological polar surface area (TPSA) is 119 Å². The molecular weight excluding hydrogens is 360 g/mol. The highest BCUT2D eigenvalue weighted by Crippen LogP contribution is 2.27. The van der Waals surface area contributed by atoms with E-state index in [1.54, 1.807) is 6.20 Å². The largest absolute Gasteiger partial charge is 0.394 e. The summed E-state index contributed by atoms with van der Waals surface area (Å²) in [6.07, 6.45) is -4.57. The zero-order chi connectivity index (χ0) is 19.7. The van der Waals surface area contributed by atoms with Crippen molar-refractivity contribution < 1.29 is 25.2 Å². The first kappa shape index (κ1) is 18.6. The number of aliphatic hydroxyl groups is 4. The first-order valence-electron chi connectivity index (χ1n) is 8.93. The lowest BCUT2D eigenvalue weighted by atomic mass is 9.95. The minimum atomic E-state index is -1.45. The van der Waals surface area contributed by atoms with Crippen molar-refractivity contribution in [1.82, 2.24) is 10.2 Å². The minimum absolute atomic E-state index is 0.489. The van der Waals surface area contributed by atoms with Crippen molar-refractivity contribution in [1.29, 1.82) is 0 Å². The number of fused-ring (bicyclic) bond motifs is 1. The van der Waals surface area contributed by atoms with Gasteiger partial charge < -0.3 is 25.2 Å². The third-order valence-electron chi connectivity index (χ3n) is 4.90. The maximum Gasteiger partial charge on any atom is 0.147 e. The lowest BCUT2D eigenvalue weighted by Gasteiger charge is -2.37. The predicted molar refractivity (Wildman–Crippen MR) is 102 cm³/mol. The second-order valence-electron chi connectivity index (χ2n) is 6.74. The summed E-state index contributed by atoms with van der Waals surface area (Å²) in [4.78, 5) is 0. The number of nitrogens with zero attached hydrogens (tertiary/aromatic N) is 1. The van der Waals surface area contributed by atoms with Crippen molar-refractivity contribution in [2.75, 3.05) is 6.61 Å². The molecule has 7 nitrogen and oxygen atoms in total. The molecule has 5 atom stereocenters. The van der Waals surface area contributed by atoms with Gasteiger partial charge in [-0.25, -0.2) is 0 Å². The summed E-state index contributed by atoms with van der Waals surface area (Å²) in [7, 11) is 0. The van der Waals surface area contributed by atoms with Crippen LogP contribution in [0.15, 0.2) is 48.7 Å². The van der Waals surface area contributed by atoms with Crippen LogP contribution in [0.1, 0.15) is 5.56 Å². The van der Waals surface area contributed by atoms with Crippen molar-refractivity contribution in [3.8, 4) is 23.0 Å². The number of aromatic nitrogens is 2. The molecule has 144 valence electrons. The minimum Gasteiger partial charge on any atom is -0.394 e. The number of hydrogen-bond acceptors (Lipinski definition) is 6. The molecule has 7 heteroatoms. The Morgan fingerprint density at radius 3 is 2.54 bits per heavy atom. The van der Waals surface area contributed by atoms with E-state index in [1.807, 2.05) is 42.5 Å². The lowest BCUT2D eigenvalue weighted by molar-refractivity contribution is -0.214. The van der Waals surface area contributed by atoms with Gasteiger partial charge in [-0.1, -0.05) is 42.2 Å². The summed E-state index contributed by atoms with van der Waals surface area (Å²) in [5.41, 5.74) is 3.40. The molecule has 1 fully saturated rings. The second kappa shape index (κ2) is 7.72. The van der Waals surface area contributed by atoms with Crippen molar-refractivity contribution in [2.24, 2.45) is 0 Å². The Morgan fingerprint density at radius 2 is 1.79 bits per heavy atom. The monoisotopic (exact) mass is 380 g/mol. The molecule has 4 rings (SSSR count). The fourth-order valence-corrected chi connectivity index (χ4v) is 3.32. The van der Waals surface area contributed by atoms with E-state index in [2.05, 4.69) is 22.0 Å². The van der Waals surface area contributed by atoms with Gasteiger partial charge in [0.15, 0.2) is 0 Å². The summed E-state index contributed by atoms with van der Waals surface area (Å²) in [5.74, 6) is 5.79. The third kappa shape index (κ3) is 3.40. The molecule has 28 heavy (non-hydrogen) atoms. The summed E-state index contributed by atoms with van der Waals surface area (Å²) in [6, 6.07) is 13.8. The Balaban J connectivity index is 1.72. The standard InChI is InChI=1S/C21H20N2O5/c24-11-17-20(26)21(27)19(25)16(28-17)7-6-13-8-14(12-4-2-1-3-5-12)9-15-10-22-23-18(13)15/h1-5,8-10,16-17,19-21,24-27H,11H2,(H,22,23)/t16?,17?,19?,20-,21?/m1/s1. The van der Waals surface area contributed by atoms with E-state index in [4.69, 9.17) is 4.74 Å². The molecule has 0 amide bonds. The Labute approximate surface area is 161 Å². The van der Waals surface area contributed by atoms with Crippen molar-refractivity contribution >= 4 is 10.9 Å². The van der Waals surface area contributed by atoms with E-state index in [-0.39, 0.29) is 0 Å². The quantitative estimate of drug-likeness (QED) is 0.411. The van der Waals surface area contributed by atoms with Gasteiger partial charge in [0.25, 0.3) is 0 Å². The highest BCUT2D eigenvalue weighted by Gasteiger charge is 2.42. The van der Waals surface area contributed by atoms with Gasteiger partial charge in [0.1, 0.15) is 30.5 Å². The van der Waals surface area contributed by atoms with E-state index in [0.717, 1.165) is 22.0 Å². The molecule has 0 spiro atoms. The molecule has 2 aromatic carbocycles. The molecule has 1 saturated heterocycles. The molecule has 1 aliphatic heterocycles. The number of hydrogen-bond donors (Lipinski definition) is 5. The average molecular weight is 380 g/mol. The number of ether oxygens (including phenoxy) is 1. The molecular formula is C21H20N2O5. The Bertz CT molecular complexity index is 1020. The van der Waals surface area contributed by atoms with E-state index in [9.17, 15) is 20.4 Å². The van der Waals surface area contributed by atoms with Crippen molar-refractivity contribution in [3.63, 3.8) is 0 Å². The normalized spacial score (nSPS) is 27.4. The van der Waals surface area contributed by atoms with Gasteiger partial charge in [0.2, 0.25) is 0 Å². The van der Waals surface area contributed by atoms with Gasteiger partial charge >= 0.3 is 0 Å². The van der Waals surface area contributed by atoms with Crippen LogP contribution in [0.25, 0.3) is 22.0 Å². The molecule has 0 radical (unpaired) electrons. The van der Waals surface area contributed by atoms with Crippen LogP contribution in [-0.4, -0.2) is 67.8 Å². The van der Waals surface area contributed by atoms with Crippen LogP contribution in [0.3, 0.4) is 0 Å². The maximum absolute atomic E-state index is 10.2. The van der Waals surface area contributed by atoms with Crippen LogP contribution in [0.4, 0.5) is 0 Å². The zero-order valence-electron chi connectivity index (χ0n) is 14.9. The second-order valence-corrected chi connectivity index (χ2v) is 6.74. The highest BCUT2D eigenvalue weighted by atomic mass is 16.5. The summed E-state index contributed by atoms with van der Waals surface area (Å²) >= 11 is 0. The lowest BCUT2D eigenvalue weighted by Crippen LogP contribution is -2.58. The molecule has 1 aliphatic rings. The third-order valence-corrected chi connectivity index (χ3v) is 4.90. The molecule has 5 N–H and O–H groups in total. The van der Waals surface area contributed by atoms with E-state index >= 15 is 0 Å². The molecule has 0 bridgehead atoms. The van der Waals surface area contributed by atoms with Crippen LogP contribution >= 0.6 is 0 Å². The van der Waals surface area contributed by atoms with E-state index < -0.39 is 37.1 Å². The molecule has 3 aromatic rings. The average Bonchev–Trinajstić information content (AvgIpc) is 3.21. The van der Waals surface area contributed by atoms with Gasteiger partial charge in [-0.15, -0.1) is 0 Å². The predicted octanol–water partition coefficient (Wildman–Crippen LogP) is 0.424. The molecule has 0 saturated carbocycles. The number of H-pyrrole nitrogens is 1. The van der Waals surface area contributed by atoms with Crippen LogP contribution in [0.5, 0.6) is 0 Å². The number of aliphatic hydroxyl groups excluding tert-OH is 4. The molecule has 2 heterocycles. The number of nitrogens with one attached hydrogen (secondary N) is 1. The van der Waals surface area contributed by atoms with Gasteiger partial charge in [0, 0.05) is 5.39 Å². The summed E-state index contributed by atoms with van der Waals surface area (Å²) in [6.45, 7) is -0.489. The van der Waals surface area contributed by atoms with Crippen LogP contribution in [0, 0.1) is 11.8 Å². The zero-order valence-corrected chi connectivity index (χ0v) is 14.9. The molecule has 1 aromatic heterocycles. The number of benzene rings is 2. The number of aromatic amines is 1. The SMILES string of the molecule is OCC1OC(C#Cc2cc(-c3ccccc3)cc3cn[nH]c23)C(O)C(O)[C@@H]1O. The summed E-state index contributed by atoms with van der Waals surface area (Å²) < 4.78 is 5.45. The highest BCUT2D eigenvalue weighted by molar-refractivity contribution is 5.89. The van der Waals surface area contributed by atoms with Crippen LogP contribution < -0.4 is 0 Å². The Hall–Kier alpha value is -2.73. The maximum atomic E-state index is 10.2. The fourth-order valence-electron chi connectivity index (χ4n) is 3.32. The Kier molecular flexibility index (Phi) is 5.13. The first-order chi connectivity index (χ1) is 13.6. The van der Waals surface area contributed by atoms with Crippen LogP contribution in [0.2, 0.25) is 0 Å².